The lowest BCUT2D eigenvalue weighted by atomic mass is 10.1. The van der Waals surface area contributed by atoms with E-state index in [1.165, 1.54) is 6.07 Å². The Labute approximate surface area is 119 Å². The molecule has 0 saturated carbocycles. The summed E-state index contributed by atoms with van der Waals surface area (Å²) in [6.45, 7) is 1.78. The zero-order valence-corrected chi connectivity index (χ0v) is 11.2. The molecule has 0 spiro atoms. The molecule has 0 amide bonds. The lowest BCUT2D eigenvalue weighted by Crippen LogP contribution is -2.34. The predicted molar refractivity (Wildman–Crippen MR) is 73.9 cm³/mol. The normalized spacial score (nSPS) is 14.2. The number of aromatic nitrogens is 3. The monoisotopic (exact) mass is 293 g/mol. The zero-order valence-electron chi connectivity index (χ0n) is 10.5. The van der Waals surface area contributed by atoms with Gasteiger partial charge in [0.15, 0.2) is 5.82 Å². The molecule has 0 atom stereocenters. The van der Waals surface area contributed by atoms with Crippen LogP contribution in [0.4, 0.5) is 11.4 Å². The Morgan fingerprint density at radius 1 is 1.40 bits per heavy atom. The van der Waals surface area contributed by atoms with E-state index >= 15 is 0 Å². The number of carboxylic acid groups (broad SMARTS) is 1. The van der Waals surface area contributed by atoms with Crippen molar-refractivity contribution in [1.82, 2.24) is 14.8 Å². The second-order valence-corrected chi connectivity index (χ2v) is 4.97. The summed E-state index contributed by atoms with van der Waals surface area (Å²) in [4.78, 5) is 13.3. The van der Waals surface area contributed by atoms with Gasteiger partial charge in [-0.15, -0.1) is 10.2 Å². The maximum absolute atomic E-state index is 11.4. The minimum absolute atomic E-state index is 0.1000. The first kappa shape index (κ1) is 12.7. The van der Waals surface area contributed by atoms with Gasteiger partial charge in [0.05, 0.1) is 22.8 Å². The number of nitrogens with two attached hydrogens (primary N) is 1. The Morgan fingerprint density at radius 2 is 2.20 bits per heavy atom. The standard InChI is InChI=1S/C12H12ClN5O2/c13-9-4-7(14)3-8(12(19)20)11(9)17-1-2-18-6-15-16-10(18)5-17/h3-4,6H,1-2,5,14H2,(H,19,20). The topological polar surface area (TPSA) is 97.3 Å². The molecule has 1 aromatic heterocycles. The smallest absolute Gasteiger partial charge is 0.337 e. The number of halogens is 1. The average Bonchev–Trinajstić information content (AvgIpc) is 2.84. The van der Waals surface area contributed by atoms with Crippen molar-refractivity contribution in [1.29, 1.82) is 0 Å². The summed E-state index contributed by atoms with van der Waals surface area (Å²) in [7, 11) is 0. The fourth-order valence-electron chi connectivity index (χ4n) is 2.36. The van der Waals surface area contributed by atoms with Crippen molar-refractivity contribution in [3.63, 3.8) is 0 Å². The molecule has 0 unspecified atom stereocenters. The Hall–Kier alpha value is -2.28. The maximum atomic E-state index is 11.4. The summed E-state index contributed by atoms with van der Waals surface area (Å²) in [6.07, 6.45) is 1.66. The summed E-state index contributed by atoms with van der Waals surface area (Å²) in [5.74, 6) is -0.276. The van der Waals surface area contributed by atoms with Gasteiger partial charge in [0.1, 0.15) is 6.33 Å². The third-order valence-electron chi connectivity index (χ3n) is 3.27. The van der Waals surface area contributed by atoms with Gasteiger partial charge in [0, 0.05) is 18.8 Å². The predicted octanol–water partition coefficient (Wildman–Crippen LogP) is 1.23. The van der Waals surface area contributed by atoms with E-state index in [0.29, 0.717) is 36.0 Å². The molecule has 104 valence electrons. The van der Waals surface area contributed by atoms with Crippen LogP contribution in [0.1, 0.15) is 16.2 Å². The maximum Gasteiger partial charge on any atom is 0.337 e. The number of rotatable bonds is 2. The third-order valence-corrected chi connectivity index (χ3v) is 3.56. The van der Waals surface area contributed by atoms with Crippen molar-refractivity contribution in [3.8, 4) is 0 Å². The largest absolute Gasteiger partial charge is 0.478 e. The molecule has 0 radical (unpaired) electrons. The molecule has 3 rings (SSSR count). The molecule has 1 aromatic carbocycles. The first-order valence-electron chi connectivity index (χ1n) is 6.00. The Balaban J connectivity index is 2.05. The molecule has 0 fully saturated rings. The van der Waals surface area contributed by atoms with Crippen molar-refractivity contribution in [2.24, 2.45) is 0 Å². The lowest BCUT2D eigenvalue weighted by Gasteiger charge is -2.30. The van der Waals surface area contributed by atoms with E-state index in [9.17, 15) is 9.90 Å². The van der Waals surface area contributed by atoms with Gasteiger partial charge >= 0.3 is 5.97 Å². The highest BCUT2D eigenvalue weighted by Crippen LogP contribution is 2.34. The van der Waals surface area contributed by atoms with Crippen LogP contribution < -0.4 is 10.6 Å². The van der Waals surface area contributed by atoms with E-state index in [2.05, 4.69) is 10.2 Å². The van der Waals surface area contributed by atoms with Crippen LogP contribution in [0.25, 0.3) is 0 Å². The SMILES string of the molecule is Nc1cc(Cl)c(N2CCn3cnnc3C2)c(C(=O)O)c1. The second-order valence-electron chi connectivity index (χ2n) is 4.57. The second kappa shape index (κ2) is 4.68. The quantitative estimate of drug-likeness (QED) is 0.808. The van der Waals surface area contributed by atoms with E-state index in [1.807, 2.05) is 9.47 Å². The fraction of sp³-hybridized carbons (Fsp3) is 0.250. The minimum Gasteiger partial charge on any atom is -0.478 e. The van der Waals surface area contributed by atoms with E-state index in [4.69, 9.17) is 17.3 Å². The molecular weight excluding hydrogens is 282 g/mol. The molecule has 1 aliphatic rings. The number of carbonyl (C=O) groups is 1. The molecule has 7 nitrogen and oxygen atoms in total. The molecule has 2 aromatic rings. The van der Waals surface area contributed by atoms with E-state index in [0.717, 1.165) is 5.82 Å². The van der Waals surface area contributed by atoms with E-state index in [-0.39, 0.29) is 5.56 Å². The number of aromatic carboxylic acids is 1. The molecule has 0 aliphatic carbocycles. The number of fused-ring (bicyclic) bond motifs is 1. The molecule has 3 N–H and O–H groups in total. The van der Waals surface area contributed by atoms with Crippen molar-refractivity contribution in [3.05, 3.63) is 34.9 Å². The number of carboxylic acids is 1. The van der Waals surface area contributed by atoms with Crippen LogP contribution in [0.2, 0.25) is 5.02 Å². The zero-order chi connectivity index (χ0) is 14.3. The van der Waals surface area contributed by atoms with Gasteiger partial charge in [-0.1, -0.05) is 11.6 Å². The third kappa shape index (κ3) is 2.05. The highest BCUT2D eigenvalue weighted by Gasteiger charge is 2.24. The first-order chi connectivity index (χ1) is 9.56. The van der Waals surface area contributed by atoms with Crippen LogP contribution in [-0.4, -0.2) is 32.4 Å². The number of anilines is 2. The first-order valence-corrected chi connectivity index (χ1v) is 6.38. The minimum atomic E-state index is -1.05. The number of hydrogen-bond donors (Lipinski definition) is 2. The van der Waals surface area contributed by atoms with Gasteiger partial charge in [-0.3, -0.25) is 0 Å². The van der Waals surface area contributed by atoms with Crippen molar-refractivity contribution >= 4 is 28.9 Å². The average molecular weight is 294 g/mol. The van der Waals surface area contributed by atoms with Crippen molar-refractivity contribution in [2.45, 2.75) is 13.1 Å². The summed E-state index contributed by atoms with van der Waals surface area (Å²) in [5, 5.41) is 17.5. The fourth-order valence-corrected chi connectivity index (χ4v) is 2.71. The molecule has 8 heteroatoms. The molecular formula is C12H12ClN5O2. The van der Waals surface area contributed by atoms with Gasteiger partial charge in [-0.05, 0) is 12.1 Å². The molecule has 2 heterocycles. The summed E-state index contributed by atoms with van der Waals surface area (Å²) in [5.41, 5.74) is 6.57. The van der Waals surface area contributed by atoms with Crippen LogP contribution in [0, 0.1) is 0 Å². The summed E-state index contributed by atoms with van der Waals surface area (Å²) in [6, 6.07) is 2.98. The van der Waals surface area contributed by atoms with E-state index in [1.54, 1.807) is 12.4 Å². The van der Waals surface area contributed by atoms with Gasteiger partial charge in [0.25, 0.3) is 0 Å². The molecule has 0 bridgehead atoms. The number of benzene rings is 1. The van der Waals surface area contributed by atoms with Gasteiger partial charge in [-0.2, -0.15) is 0 Å². The van der Waals surface area contributed by atoms with Crippen molar-refractivity contribution < 1.29 is 9.90 Å². The van der Waals surface area contributed by atoms with Gasteiger partial charge in [0.2, 0.25) is 0 Å². The van der Waals surface area contributed by atoms with Crippen LogP contribution >= 0.6 is 11.6 Å². The Bertz CT molecular complexity index is 684. The molecule has 0 saturated heterocycles. The number of nitrogen functional groups attached to an aromatic ring is 1. The van der Waals surface area contributed by atoms with Gasteiger partial charge < -0.3 is 20.3 Å². The van der Waals surface area contributed by atoms with Crippen LogP contribution in [0.15, 0.2) is 18.5 Å². The number of hydrogen-bond acceptors (Lipinski definition) is 5. The van der Waals surface area contributed by atoms with Gasteiger partial charge in [-0.25, -0.2) is 4.79 Å². The van der Waals surface area contributed by atoms with Crippen LogP contribution in [-0.2, 0) is 13.1 Å². The summed E-state index contributed by atoms with van der Waals surface area (Å²) < 4.78 is 1.93. The lowest BCUT2D eigenvalue weighted by molar-refractivity contribution is 0.0697. The van der Waals surface area contributed by atoms with Crippen LogP contribution in [0.3, 0.4) is 0 Å². The van der Waals surface area contributed by atoms with Crippen LogP contribution in [0.5, 0.6) is 0 Å². The molecule has 1 aliphatic heterocycles. The molecule has 20 heavy (non-hydrogen) atoms. The Kier molecular flexibility index (Phi) is 2.98. The highest BCUT2D eigenvalue weighted by molar-refractivity contribution is 6.34. The highest BCUT2D eigenvalue weighted by atomic mass is 35.5. The van der Waals surface area contributed by atoms with Crippen molar-refractivity contribution in [2.75, 3.05) is 17.2 Å². The summed E-state index contributed by atoms with van der Waals surface area (Å²) >= 11 is 6.19. The number of nitrogens with zero attached hydrogens (tertiary/aromatic N) is 4. The Morgan fingerprint density at radius 3 is 2.95 bits per heavy atom. The van der Waals surface area contributed by atoms with E-state index < -0.39 is 5.97 Å².